The Morgan fingerprint density at radius 3 is 2.11 bits per heavy atom. The van der Waals surface area contributed by atoms with Crippen LogP contribution >= 0.6 is 0 Å². The molecule has 0 saturated carbocycles. The van der Waals surface area contributed by atoms with Crippen molar-refractivity contribution in [3.63, 3.8) is 0 Å². The summed E-state index contributed by atoms with van der Waals surface area (Å²) >= 11 is 0. The van der Waals surface area contributed by atoms with Crippen molar-refractivity contribution in [2.75, 3.05) is 0 Å². The van der Waals surface area contributed by atoms with E-state index in [4.69, 9.17) is 24.3 Å². The van der Waals surface area contributed by atoms with Crippen molar-refractivity contribution < 1.29 is 14.3 Å². The molecule has 0 radical (unpaired) electrons. The van der Waals surface area contributed by atoms with Crippen LogP contribution < -0.4 is 13.9 Å². The Labute approximate surface area is 338 Å². The normalized spacial score (nSPS) is 14.9. The number of hydrogen-bond acceptors (Lipinski definition) is 3. The van der Waals surface area contributed by atoms with E-state index in [-0.39, 0.29) is 16.4 Å². The first-order valence-electron chi connectivity index (χ1n) is 22.2. The second kappa shape index (κ2) is 13.3. The molecule has 3 aromatic heterocycles. The van der Waals surface area contributed by atoms with E-state index in [0.717, 1.165) is 50.4 Å². The summed E-state index contributed by atoms with van der Waals surface area (Å²) in [5.74, 6) is 1.93. The van der Waals surface area contributed by atoms with Crippen LogP contribution in [-0.4, -0.2) is 20.5 Å². The average Bonchev–Trinajstić information content (AvgIpc) is 3.78. The molecule has 4 heterocycles. The summed E-state index contributed by atoms with van der Waals surface area (Å²) in [6.07, 6.45) is 3.60. The van der Waals surface area contributed by atoms with Crippen LogP contribution in [0.4, 0.5) is 22.7 Å². The monoisotopic (exact) mass is 738 g/mol. The fourth-order valence-corrected chi connectivity index (χ4v) is 7.22. The summed E-state index contributed by atoms with van der Waals surface area (Å²) in [5.41, 5.74) is 7.16. The number of benzene rings is 5. The Kier molecular flexibility index (Phi) is 6.62. The molecule has 5 aromatic carbocycles. The minimum absolute atomic E-state index is 0.000877. The Hall–Kier alpha value is -6.62. The lowest BCUT2D eigenvalue weighted by Crippen LogP contribution is -2.12. The molecular formula is C50H45N5O+2. The number of pyridine rings is 2. The Morgan fingerprint density at radius 2 is 1.36 bits per heavy atom. The topological polar surface area (TPSA) is 46.0 Å². The Morgan fingerprint density at radius 1 is 0.661 bits per heavy atom. The van der Waals surface area contributed by atoms with Gasteiger partial charge in [-0.25, -0.2) is 4.98 Å². The second-order valence-electron chi connectivity index (χ2n) is 16.1. The smallest absolute Gasteiger partial charge is 0.455 e. The van der Waals surface area contributed by atoms with Gasteiger partial charge in [0.1, 0.15) is 17.3 Å². The van der Waals surface area contributed by atoms with E-state index in [1.807, 2.05) is 82.1 Å². The molecular weight excluding hydrogens is 687 g/mol. The zero-order chi connectivity index (χ0) is 44.7. The number of rotatable bonds is 6. The largest absolute Gasteiger partial charge is 0.503 e. The molecule has 1 aliphatic rings. The van der Waals surface area contributed by atoms with Gasteiger partial charge in [-0.3, -0.25) is 9.55 Å². The molecule has 0 amide bonds. The van der Waals surface area contributed by atoms with Crippen LogP contribution in [0.2, 0.25) is 0 Å². The van der Waals surface area contributed by atoms with Crippen LogP contribution in [0.5, 0.6) is 11.5 Å². The van der Waals surface area contributed by atoms with Crippen LogP contribution in [0.15, 0.2) is 146 Å². The Bertz CT molecular complexity index is 3230. The van der Waals surface area contributed by atoms with Gasteiger partial charge in [0.05, 0.1) is 39.9 Å². The summed E-state index contributed by atoms with van der Waals surface area (Å²) < 4.78 is 71.5. The van der Waals surface area contributed by atoms with Crippen molar-refractivity contribution >= 4 is 50.7 Å². The second-order valence-corrected chi connectivity index (χ2v) is 16.1. The van der Waals surface area contributed by atoms with Crippen molar-refractivity contribution in [2.24, 2.45) is 0 Å². The number of nitrogens with zero attached hydrogens (tertiary/aromatic N) is 5. The zero-order valence-corrected chi connectivity index (χ0v) is 32.2. The summed E-state index contributed by atoms with van der Waals surface area (Å²) in [7, 11) is 0. The number of aromatic nitrogens is 3. The molecule has 0 unspecified atom stereocenters. The number of ether oxygens (including phenoxy) is 1. The van der Waals surface area contributed by atoms with E-state index < -0.39 is 36.6 Å². The highest BCUT2D eigenvalue weighted by molar-refractivity contribution is 6.07. The quantitative estimate of drug-likeness (QED) is 0.160. The molecule has 0 N–H and O–H groups in total. The minimum Gasteiger partial charge on any atom is -0.455 e. The predicted molar refractivity (Wildman–Crippen MR) is 231 cm³/mol. The third kappa shape index (κ3) is 6.28. The number of fused-ring (bicyclic) bond motifs is 4. The first kappa shape index (κ1) is 27.9. The fourth-order valence-electron chi connectivity index (χ4n) is 7.22. The highest BCUT2D eigenvalue weighted by Gasteiger charge is 2.38. The van der Waals surface area contributed by atoms with Crippen molar-refractivity contribution in [1.29, 1.82) is 0 Å². The van der Waals surface area contributed by atoms with Gasteiger partial charge in [-0.2, -0.15) is 0 Å². The first-order chi connectivity index (χ1) is 29.8. The van der Waals surface area contributed by atoms with Crippen molar-refractivity contribution in [3.8, 4) is 28.4 Å². The molecule has 0 spiro atoms. The highest BCUT2D eigenvalue weighted by atomic mass is 16.5. The van der Waals surface area contributed by atoms with E-state index >= 15 is 0 Å². The molecule has 0 aliphatic carbocycles. The number of hydrogen-bond donors (Lipinski definition) is 0. The van der Waals surface area contributed by atoms with Crippen LogP contribution in [-0.2, 0) is 10.8 Å². The van der Waals surface area contributed by atoms with E-state index in [1.165, 1.54) is 5.56 Å². The van der Waals surface area contributed by atoms with Crippen LogP contribution in [0.3, 0.4) is 0 Å². The van der Waals surface area contributed by atoms with E-state index in [1.54, 1.807) is 18.3 Å². The third-order valence-corrected chi connectivity index (χ3v) is 10.2. The predicted octanol–water partition coefficient (Wildman–Crippen LogP) is 12.8. The third-order valence-electron chi connectivity index (χ3n) is 10.2. The van der Waals surface area contributed by atoms with E-state index in [0.29, 0.717) is 22.7 Å². The molecule has 274 valence electrons. The van der Waals surface area contributed by atoms with Crippen LogP contribution in [0, 0.1) is 6.85 Å². The SMILES string of the molecule is [2H]c1c([2H])c(C([2H])([2H])[2H])c([2H])c([2H])c1-c1ccccc1[N+]1=C=[N+](c2cc(Oc3cnc4c5ccccc5n(-c5cc(C(C)(C)C)ccn5)c4c3)cc(C(C)(C)C)c2)c2ccccc21. The lowest BCUT2D eigenvalue weighted by atomic mass is 9.86. The molecule has 8 aromatic rings. The molecule has 6 nitrogen and oxygen atoms in total. The Balaban J connectivity index is 1.20. The van der Waals surface area contributed by atoms with Crippen molar-refractivity contribution in [3.05, 3.63) is 162 Å². The number of para-hydroxylation sites is 4. The average molecular weight is 739 g/mol. The van der Waals surface area contributed by atoms with E-state index in [2.05, 4.69) is 82.4 Å². The van der Waals surface area contributed by atoms with Gasteiger partial charge >= 0.3 is 6.01 Å². The first-order valence-corrected chi connectivity index (χ1v) is 18.7. The molecule has 9 rings (SSSR count). The summed E-state index contributed by atoms with van der Waals surface area (Å²) in [6.45, 7) is 10.2. The molecule has 0 fully saturated rings. The molecule has 0 saturated heterocycles. The lowest BCUT2D eigenvalue weighted by molar-refractivity contribution is 0.477. The highest BCUT2D eigenvalue weighted by Crippen LogP contribution is 2.42. The fraction of sp³-hybridized carbons (Fsp3) is 0.180. The van der Waals surface area contributed by atoms with E-state index in [9.17, 15) is 0 Å². The van der Waals surface area contributed by atoms with Gasteiger partial charge in [0.25, 0.3) is 11.4 Å². The molecule has 56 heavy (non-hydrogen) atoms. The standard InChI is InChI=1S/C50H45N5O/c1-33-20-22-34(23-21-33)40-14-8-10-16-42(40)54-32-53(44-18-12-13-19-45(44)54)37-26-36(50(5,6)7)27-38(29-37)56-39-30-46-48(52-31-39)41-15-9-11-17-43(41)55(46)47-28-35(24-25-51-47)49(2,3)4/h8-31H,1-7H3/q+2/i1D3,20D,21D,22D,23D. The summed E-state index contributed by atoms with van der Waals surface area (Å²) in [6, 6.07) is 36.9. The van der Waals surface area contributed by atoms with Crippen molar-refractivity contribution in [2.45, 2.75) is 59.2 Å². The van der Waals surface area contributed by atoms with Gasteiger partial charge in [-0.05, 0) is 73.9 Å². The lowest BCUT2D eigenvalue weighted by Gasteiger charge is -2.20. The maximum absolute atomic E-state index is 8.92. The van der Waals surface area contributed by atoms with Gasteiger partial charge in [0.15, 0.2) is 0 Å². The van der Waals surface area contributed by atoms with Gasteiger partial charge < -0.3 is 4.74 Å². The van der Waals surface area contributed by atoms with Gasteiger partial charge in [-0.15, -0.1) is 0 Å². The summed E-state index contributed by atoms with van der Waals surface area (Å²) in [4.78, 5) is 9.78. The maximum atomic E-state index is 8.92. The van der Waals surface area contributed by atoms with Crippen molar-refractivity contribution in [1.82, 2.24) is 23.7 Å². The molecule has 0 atom stereocenters. The zero-order valence-electron chi connectivity index (χ0n) is 39.2. The van der Waals surface area contributed by atoms with Gasteiger partial charge in [0, 0.05) is 46.0 Å². The maximum Gasteiger partial charge on any atom is 0.503 e. The van der Waals surface area contributed by atoms with Gasteiger partial charge in [-0.1, -0.05) is 114 Å². The van der Waals surface area contributed by atoms with Crippen LogP contribution in [0.1, 0.15) is 67.8 Å². The molecule has 1 aliphatic heterocycles. The van der Waals surface area contributed by atoms with Crippen LogP contribution in [0.25, 0.3) is 38.9 Å². The van der Waals surface area contributed by atoms with Gasteiger partial charge in [0.2, 0.25) is 11.4 Å². The summed E-state index contributed by atoms with van der Waals surface area (Å²) in [5, 5.41) is 1.01. The molecule has 0 bridgehead atoms. The minimum atomic E-state index is -2.82. The molecule has 6 heteroatoms.